The van der Waals surface area contributed by atoms with Gasteiger partial charge in [0.1, 0.15) is 0 Å². The predicted octanol–water partition coefficient (Wildman–Crippen LogP) is 2.81. The van der Waals surface area contributed by atoms with E-state index in [0.29, 0.717) is 5.56 Å². The molecular weight excluding hydrogens is 294 g/mol. The van der Waals surface area contributed by atoms with Crippen molar-refractivity contribution in [1.29, 1.82) is 0 Å². The first-order valence-corrected chi connectivity index (χ1v) is 7.49. The Morgan fingerprint density at radius 2 is 1.62 bits per heavy atom. The van der Waals surface area contributed by atoms with E-state index in [1.807, 2.05) is 6.92 Å². The number of benzene rings is 2. The number of nitro benzene ring substituents is 1. The quantitative estimate of drug-likeness (QED) is 0.481. The minimum absolute atomic E-state index is 0.0554. The van der Waals surface area contributed by atoms with Crippen LogP contribution in [0.4, 0.5) is 5.69 Å². The summed E-state index contributed by atoms with van der Waals surface area (Å²) in [7, 11) is -3.84. The third-order valence-electron chi connectivity index (χ3n) is 2.84. The summed E-state index contributed by atoms with van der Waals surface area (Å²) >= 11 is 0. The first-order valence-electron chi connectivity index (χ1n) is 6.08. The monoisotopic (exact) mass is 307 g/mol. The van der Waals surface area contributed by atoms with Gasteiger partial charge in [0.15, 0.2) is 0 Å². The highest BCUT2D eigenvalue weighted by atomic mass is 32.2. The molecule has 0 aliphatic carbocycles. The van der Waals surface area contributed by atoms with Gasteiger partial charge >= 0.3 is 0 Å². The van der Waals surface area contributed by atoms with Crippen LogP contribution in [0.15, 0.2) is 53.4 Å². The third kappa shape index (κ3) is 3.87. The second-order valence-corrected chi connectivity index (χ2v) is 6.07. The number of hydrogen-bond acceptors (Lipinski definition) is 5. The first kappa shape index (κ1) is 15.1. The lowest BCUT2D eigenvalue weighted by Gasteiger charge is -2.06. The molecule has 2 rings (SSSR count). The number of rotatable bonds is 5. The van der Waals surface area contributed by atoms with Gasteiger partial charge in [0.05, 0.1) is 16.4 Å². The van der Waals surface area contributed by atoms with Crippen LogP contribution < -0.4 is 0 Å². The summed E-state index contributed by atoms with van der Waals surface area (Å²) < 4.78 is 28.9. The minimum Gasteiger partial charge on any atom is -0.262 e. The molecule has 7 heteroatoms. The second-order valence-electron chi connectivity index (χ2n) is 4.45. The van der Waals surface area contributed by atoms with Crippen LogP contribution in [0.5, 0.6) is 0 Å². The molecule has 0 amide bonds. The Hall–Kier alpha value is -2.25. The van der Waals surface area contributed by atoms with Crippen LogP contribution in [0.1, 0.15) is 11.1 Å². The van der Waals surface area contributed by atoms with Crippen molar-refractivity contribution in [2.24, 2.45) is 0 Å². The molecule has 0 aliphatic rings. The molecular formula is C14H13NO5S. The fraction of sp³-hybridized carbons (Fsp3) is 0.143. The van der Waals surface area contributed by atoms with Gasteiger partial charge in [-0.2, -0.15) is 8.42 Å². The molecule has 0 aliphatic heterocycles. The van der Waals surface area contributed by atoms with Crippen molar-refractivity contribution in [1.82, 2.24) is 0 Å². The van der Waals surface area contributed by atoms with Crippen molar-refractivity contribution in [2.45, 2.75) is 18.4 Å². The van der Waals surface area contributed by atoms with Crippen LogP contribution in [-0.2, 0) is 20.9 Å². The Labute approximate surface area is 122 Å². The molecule has 0 saturated heterocycles. The van der Waals surface area contributed by atoms with Gasteiger partial charge in [-0.3, -0.25) is 14.3 Å². The zero-order chi connectivity index (χ0) is 15.5. The summed E-state index contributed by atoms with van der Waals surface area (Å²) in [5.41, 5.74) is 1.43. The van der Waals surface area contributed by atoms with Crippen LogP contribution >= 0.6 is 0 Å². The molecule has 110 valence electrons. The normalized spacial score (nSPS) is 11.3. The fourth-order valence-electron chi connectivity index (χ4n) is 1.63. The lowest BCUT2D eigenvalue weighted by molar-refractivity contribution is -0.384. The molecule has 0 aromatic heterocycles. The average Bonchev–Trinajstić information content (AvgIpc) is 2.46. The van der Waals surface area contributed by atoms with Crippen molar-refractivity contribution in [3.05, 3.63) is 69.8 Å². The van der Waals surface area contributed by atoms with E-state index in [1.54, 1.807) is 12.1 Å². The molecule has 2 aromatic rings. The molecule has 0 radical (unpaired) electrons. The summed E-state index contributed by atoms with van der Waals surface area (Å²) in [6, 6.07) is 11.8. The van der Waals surface area contributed by atoms with Crippen molar-refractivity contribution < 1.29 is 17.5 Å². The van der Waals surface area contributed by atoms with Crippen molar-refractivity contribution in [2.75, 3.05) is 0 Å². The molecule has 0 saturated carbocycles. The number of non-ortho nitro benzene ring substituents is 1. The number of nitro groups is 1. The maximum Gasteiger partial charge on any atom is 0.297 e. The van der Waals surface area contributed by atoms with Crippen LogP contribution in [0.3, 0.4) is 0 Å². The van der Waals surface area contributed by atoms with Gasteiger partial charge in [0, 0.05) is 12.1 Å². The fourth-order valence-corrected chi connectivity index (χ4v) is 2.53. The predicted molar refractivity (Wildman–Crippen MR) is 76.3 cm³/mol. The van der Waals surface area contributed by atoms with Crippen LogP contribution in [0.25, 0.3) is 0 Å². The zero-order valence-corrected chi connectivity index (χ0v) is 12.0. The molecule has 0 fully saturated rings. The van der Waals surface area contributed by atoms with Crippen LogP contribution in [0.2, 0.25) is 0 Å². The Bertz CT molecular complexity index is 736. The molecule has 0 heterocycles. The largest absolute Gasteiger partial charge is 0.297 e. The summed E-state index contributed by atoms with van der Waals surface area (Å²) in [6.07, 6.45) is 0. The van der Waals surface area contributed by atoms with E-state index in [1.165, 1.54) is 36.4 Å². The summed E-state index contributed by atoms with van der Waals surface area (Å²) in [4.78, 5) is 10.1. The van der Waals surface area contributed by atoms with Crippen molar-refractivity contribution in [3.63, 3.8) is 0 Å². The van der Waals surface area contributed by atoms with Gasteiger partial charge in [0.25, 0.3) is 15.8 Å². The lowest BCUT2D eigenvalue weighted by Crippen LogP contribution is -2.06. The Morgan fingerprint density at radius 1 is 1.05 bits per heavy atom. The highest BCUT2D eigenvalue weighted by Crippen LogP contribution is 2.17. The van der Waals surface area contributed by atoms with E-state index < -0.39 is 15.0 Å². The third-order valence-corrected chi connectivity index (χ3v) is 4.12. The Balaban J connectivity index is 2.08. The van der Waals surface area contributed by atoms with E-state index in [2.05, 4.69) is 0 Å². The van der Waals surface area contributed by atoms with E-state index in [-0.39, 0.29) is 17.2 Å². The van der Waals surface area contributed by atoms with Crippen molar-refractivity contribution in [3.8, 4) is 0 Å². The standard InChI is InChI=1S/C14H13NO5S/c1-11-2-8-14(9-3-11)21(18,19)20-10-12-4-6-13(7-5-12)15(16)17/h2-9H,10H2,1H3. The summed E-state index contributed by atoms with van der Waals surface area (Å²) in [5, 5.41) is 10.5. The minimum atomic E-state index is -3.84. The van der Waals surface area contributed by atoms with E-state index in [0.717, 1.165) is 5.56 Å². The molecule has 6 nitrogen and oxygen atoms in total. The van der Waals surface area contributed by atoms with Gasteiger partial charge in [-0.1, -0.05) is 17.7 Å². The Kier molecular flexibility index (Phi) is 4.35. The highest BCUT2D eigenvalue weighted by Gasteiger charge is 2.15. The maximum atomic E-state index is 12.0. The second kappa shape index (κ2) is 6.02. The van der Waals surface area contributed by atoms with Gasteiger partial charge in [-0.05, 0) is 36.8 Å². The SMILES string of the molecule is Cc1ccc(S(=O)(=O)OCc2ccc([N+](=O)[O-])cc2)cc1. The van der Waals surface area contributed by atoms with E-state index >= 15 is 0 Å². The number of nitrogens with zero attached hydrogens (tertiary/aromatic N) is 1. The van der Waals surface area contributed by atoms with Crippen molar-refractivity contribution >= 4 is 15.8 Å². The molecule has 0 atom stereocenters. The highest BCUT2D eigenvalue weighted by molar-refractivity contribution is 7.86. The van der Waals surface area contributed by atoms with E-state index in [4.69, 9.17) is 4.18 Å². The van der Waals surface area contributed by atoms with Crippen LogP contribution in [-0.4, -0.2) is 13.3 Å². The topological polar surface area (TPSA) is 86.5 Å². The smallest absolute Gasteiger partial charge is 0.262 e. The Morgan fingerprint density at radius 3 is 2.14 bits per heavy atom. The van der Waals surface area contributed by atoms with Gasteiger partial charge < -0.3 is 0 Å². The first-order chi connectivity index (χ1) is 9.88. The van der Waals surface area contributed by atoms with Gasteiger partial charge in [-0.15, -0.1) is 0 Å². The molecule has 2 aromatic carbocycles. The van der Waals surface area contributed by atoms with Crippen LogP contribution in [0, 0.1) is 17.0 Å². The zero-order valence-electron chi connectivity index (χ0n) is 11.2. The summed E-state index contributed by atoms with van der Waals surface area (Å²) in [5.74, 6) is 0. The summed E-state index contributed by atoms with van der Waals surface area (Å²) in [6.45, 7) is 1.68. The molecule has 0 spiro atoms. The number of hydrogen-bond donors (Lipinski definition) is 0. The molecule has 0 unspecified atom stereocenters. The molecule has 21 heavy (non-hydrogen) atoms. The lowest BCUT2D eigenvalue weighted by atomic mass is 10.2. The number of aryl methyl sites for hydroxylation is 1. The van der Waals surface area contributed by atoms with E-state index in [9.17, 15) is 18.5 Å². The van der Waals surface area contributed by atoms with Gasteiger partial charge in [0.2, 0.25) is 0 Å². The average molecular weight is 307 g/mol. The maximum absolute atomic E-state index is 12.0. The molecule has 0 bridgehead atoms. The molecule has 0 N–H and O–H groups in total. The van der Waals surface area contributed by atoms with Gasteiger partial charge in [-0.25, -0.2) is 0 Å².